The first-order valence-electron chi connectivity index (χ1n) is 9.18. The third kappa shape index (κ3) is 3.76. The Hall–Kier alpha value is -1.47. The Kier molecular flexibility index (Phi) is 4.79. The minimum Gasteiger partial charge on any atom is -0.316 e. The van der Waals surface area contributed by atoms with Crippen LogP contribution in [-0.4, -0.2) is 73.2 Å². The van der Waals surface area contributed by atoms with Gasteiger partial charge >= 0.3 is 16.4 Å². The molecule has 3 aliphatic heterocycles. The van der Waals surface area contributed by atoms with Crippen LogP contribution in [0.25, 0.3) is 0 Å². The van der Waals surface area contributed by atoms with Gasteiger partial charge in [-0.3, -0.25) is 14.2 Å². The number of amides is 3. The summed E-state index contributed by atoms with van der Waals surface area (Å²) in [5, 5.41) is 3.97. The van der Waals surface area contributed by atoms with E-state index in [1.165, 1.54) is 4.90 Å². The zero-order valence-electron chi connectivity index (χ0n) is 14.8. The van der Waals surface area contributed by atoms with E-state index in [-0.39, 0.29) is 12.0 Å². The van der Waals surface area contributed by atoms with Crippen LogP contribution in [0.3, 0.4) is 0 Å². The molecule has 3 saturated heterocycles. The number of nitrogens with one attached hydrogen (secondary N) is 2. The molecular weight excluding hydrogens is 380 g/mol. The van der Waals surface area contributed by atoms with E-state index in [2.05, 4.69) is 15.1 Å². The number of urea groups is 1. The largest absolute Gasteiger partial charge is 0.418 e. The maximum absolute atomic E-state index is 12.6. The third-order valence-corrected chi connectivity index (χ3v) is 6.38. The molecule has 2 bridgehead atoms. The maximum atomic E-state index is 12.6. The lowest BCUT2D eigenvalue weighted by molar-refractivity contribution is -0.141. The average molecular weight is 404 g/mol. The van der Waals surface area contributed by atoms with Crippen molar-refractivity contribution in [1.29, 1.82) is 0 Å². The molecule has 0 aromatic carbocycles. The molecule has 12 heteroatoms. The van der Waals surface area contributed by atoms with E-state index < -0.39 is 34.4 Å². The summed E-state index contributed by atoms with van der Waals surface area (Å²) in [7, 11) is -4.82. The summed E-state index contributed by atoms with van der Waals surface area (Å²) < 4.78 is 35.6. The average Bonchev–Trinajstić information content (AvgIpc) is 3.33. The van der Waals surface area contributed by atoms with E-state index in [1.54, 1.807) is 0 Å². The van der Waals surface area contributed by atoms with Crippen molar-refractivity contribution >= 4 is 22.3 Å². The Bertz CT molecular complexity index is 720. The molecule has 0 radical (unpaired) electrons. The van der Waals surface area contributed by atoms with Gasteiger partial charge in [0.15, 0.2) is 0 Å². The van der Waals surface area contributed by atoms with Crippen LogP contribution >= 0.6 is 0 Å². The predicted molar refractivity (Wildman–Crippen MR) is 90.1 cm³/mol. The van der Waals surface area contributed by atoms with E-state index in [4.69, 9.17) is 9.39 Å². The Labute approximate surface area is 157 Å². The smallest absolute Gasteiger partial charge is 0.316 e. The highest BCUT2D eigenvalue weighted by molar-refractivity contribution is 7.80. The first-order valence-corrected chi connectivity index (χ1v) is 10.5. The summed E-state index contributed by atoms with van der Waals surface area (Å²) in [6, 6.07) is -1.99. The summed E-state index contributed by atoms with van der Waals surface area (Å²) in [6.07, 6.45) is 4.05. The van der Waals surface area contributed by atoms with Gasteiger partial charge in [0.1, 0.15) is 6.04 Å². The molecule has 1 aliphatic carbocycles. The molecule has 3 atom stereocenters. The van der Waals surface area contributed by atoms with E-state index >= 15 is 0 Å². The predicted octanol–water partition coefficient (Wildman–Crippen LogP) is -0.573. The molecule has 4 rings (SSSR count). The van der Waals surface area contributed by atoms with Gasteiger partial charge in [-0.05, 0) is 50.0 Å². The second-order valence-corrected chi connectivity index (χ2v) is 8.86. The lowest BCUT2D eigenvalue weighted by atomic mass is 9.85. The second kappa shape index (κ2) is 6.85. The molecule has 27 heavy (non-hydrogen) atoms. The van der Waals surface area contributed by atoms with Crippen LogP contribution in [0.5, 0.6) is 0 Å². The minimum atomic E-state index is -4.82. The van der Waals surface area contributed by atoms with E-state index in [1.807, 2.05) is 0 Å². The molecule has 4 aliphatic rings. The molecular formula is C15H24N4O7S. The molecule has 3 amide bonds. The van der Waals surface area contributed by atoms with Crippen molar-refractivity contribution in [1.82, 2.24) is 20.8 Å². The SMILES string of the molecule is O=C(NOCC1CCCNC1)[C@@H]1CC2(CC2)C2CN1C(=O)N2OS(=O)(=O)O. The van der Waals surface area contributed by atoms with Gasteiger partial charge in [-0.15, -0.1) is 4.28 Å². The van der Waals surface area contributed by atoms with Gasteiger partial charge in [0, 0.05) is 13.1 Å². The lowest BCUT2D eigenvalue weighted by Gasteiger charge is -2.35. The Balaban J connectivity index is 1.39. The fourth-order valence-corrected chi connectivity index (χ4v) is 4.79. The van der Waals surface area contributed by atoms with Crippen molar-refractivity contribution in [2.45, 2.75) is 44.2 Å². The van der Waals surface area contributed by atoms with E-state index in [0.29, 0.717) is 24.0 Å². The van der Waals surface area contributed by atoms with Crippen molar-refractivity contribution in [3.05, 3.63) is 0 Å². The topological polar surface area (TPSA) is 138 Å². The molecule has 11 nitrogen and oxygen atoms in total. The minimum absolute atomic E-state index is 0.180. The van der Waals surface area contributed by atoms with Crippen molar-refractivity contribution in [3.8, 4) is 0 Å². The summed E-state index contributed by atoms with van der Waals surface area (Å²) in [5.41, 5.74) is 2.09. The van der Waals surface area contributed by atoms with Gasteiger partial charge in [0.2, 0.25) is 0 Å². The first kappa shape index (κ1) is 18.9. The zero-order chi connectivity index (χ0) is 19.2. The number of carbonyl (C=O) groups excluding carboxylic acids is 2. The van der Waals surface area contributed by atoms with Gasteiger partial charge < -0.3 is 10.2 Å². The molecule has 1 spiro atoms. The van der Waals surface area contributed by atoms with Crippen LogP contribution in [0.1, 0.15) is 32.1 Å². The number of hydrogen-bond donors (Lipinski definition) is 3. The first-order chi connectivity index (χ1) is 12.8. The van der Waals surface area contributed by atoms with Gasteiger partial charge in [-0.25, -0.2) is 10.3 Å². The molecule has 2 unspecified atom stereocenters. The second-order valence-electron chi connectivity index (χ2n) is 7.85. The number of nitrogens with zero attached hydrogens (tertiary/aromatic N) is 2. The highest BCUT2D eigenvalue weighted by Gasteiger charge is 2.65. The standard InChI is InChI=1S/C15H24N4O7S/c20-13(17-25-9-10-2-1-5-16-7-10)11-6-15(3-4-15)12-8-18(11)14(21)19(12)26-27(22,23)24/h10-12,16H,1-9H2,(H,17,20)(H,22,23,24)/t10?,11-,12?/m0/s1. The molecule has 3 heterocycles. The normalized spacial score (nSPS) is 32.0. The van der Waals surface area contributed by atoms with Gasteiger partial charge in [0.25, 0.3) is 5.91 Å². The van der Waals surface area contributed by atoms with Crippen LogP contribution in [0.4, 0.5) is 4.79 Å². The van der Waals surface area contributed by atoms with Gasteiger partial charge in [0.05, 0.1) is 12.6 Å². The van der Waals surface area contributed by atoms with Gasteiger partial charge in [-0.2, -0.15) is 13.5 Å². The van der Waals surface area contributed by atoms with Crippen molar-refractivity contribution in [2.24, 2.45) is 11.3 Å². The third-order valence-electron chi connectivity index (χ3n) is 6.03. The summed E-state index contributed by atoms with van der Waals surface area (Å²) >= 11 is 0. The van der Waals surface area contributed by atoms with Crippen LogP contribution in [0.15, 0.2) is 0 Å². The molecule has 0 aromatic heterocycles. The van der Waals surface area contributed by atoms with E-state index in [9.17, 15) is 18.0 Å². The quantitative estimate of drug-likeness (QED) is 0.395. The highest BCUT2D eigenvalue weighted by atomic mass is 32.3. The molecule has 0 aromatic rings. The molecule has 1 saturated carbocycles. The van der Waals surface area contributed by atoms with Crippen molar-refractivity contribution < 1.29 is 31.7 Å². The number of fused-ring (bicyclic) bond motifs is 3. The summed E-state index contributed by atoms with van der Waals surface area (Å²) in [4.78, 5) is 31.8. The monoisotopic (exact) mass is 404 g/mol. The van der Waals surface area contributed by atoms with Crippen LogP contribution < -0.4 is 10.8 Å². The van der Waals surface area contributed by atoms with E-state index in [0.717, 1.165) is 38.8 Å². The van der Waals surface area contributed by atoms with Gasteiger partial charge in [-0.1, -0.05) is 0 Å². The summed E-state index contributed by atoms with van der Waals surface area (Å²) in [5.74, 6) is -0.0952. The number of carbonyl (C=O) groups is 2. The van der Waals surface area contributed by atoms with Crippen molar-refractivity contribution in [2.75, 3.05) is 26.2 Å². The number of hydroxylamine groups is 3. The summed E-state index contributed by atoms with van der Waals surface area (Å²) in [6.45, 7) is 2.41. The van der Waals surface area contributed by atoms with Crippen LogP contribution in [-0.2, 0) is 24.3 Å². The fraction of sp³-hybridized carbons (Fsp3) is 0.867. The number of piperidine rings is 2. The molecule has 4 fully saturated rings. The molecule has 152 valence electrons. The lowest BCUT2D eigenvalue weighted by Crippen LogP contribution is -2.53. The van der Waals surface area contributed by atoms with Crippen molar-refractivity contribution in [3.63, 3.8) is 0 Å². The Morgan fingerprint density at radius 1 is 1.41 bits per heavy atom. The number of rotatable bonds is 6. The zero-order valence-corrected chi connectivity index (χ0v) is 15.6. The van der Waals surface area contributed by atoms with Crippen LogP contribution in [0, 0.1) is 11.3 Å². The molecule has 3 N–H and O–H groups in total. The Morgan fingerprint density at radius 3 is 2.81 bits per heavy atom. The Morgan fingerprint density at radius 2 is 2.19 bits per heavy atom. The highest BCUT2D eigenvalue weighted by Crippen LogP contribution is 2.59. The van der Waals surface area contributed by atoms with Crippen LogP contribution in [0.2, 0.25) is 0 Å². The maximum Gasteiger partial charge on any atom is 0.418 e. The number of hydrogen-bond acceptors (Lipinski definition) is 7. The fourth-order valence-electron chi connectivity index (χ4n) is 4.42.